The SMILES string of the molecule is CC1(C)COC(c2ccc(-c3nc4c(O)ccc(O)c4[nH]3)cc2)OC1. The van der Waals surface area contributed by atoms with Gasteiger partial charge in [-0.05, 0) is 12.1 Å². The molecule has 1 saturated heterocycles. The van der Waals surface area contributed by atoms with E-state index in [4.69, 9.17) is 9.47 Å². The number of aromatic amines is 1. The van der Waals surface area contributed by atoms with Crippen LogP contribution in [0.3, 0.4) is 0 Å². The van der Waals surface area contributed by atoms with E-state index in [9.17, 15) is 10.2 Å². The molecular formula is C19H20N2O4. The van der Waals surface area contributed by atoms with E-state index in [2.05, 4.69) is 23.8 Å². The van der Waals surface area contributed by atoms with Gasteiger partial charge in [-0.3, -0.25) is 0 Å². The van der Waals surface area contributed by atoms with Crippen molar-refractivity contribution in [1.29, 1.82) is 0 Å². The van der Waals surface area contributed by atoms with E-state index < -0.39 is 0 Å². The summed E-state index contributed by atoms with van der Waals surface area (Å²) in [7, 11) is 0. The maximum absolute atomic E-state index is 9.90. The van der Waals surface area contributed by atoms with Gasteiger partial charge >= 0.3 is 0 Å². The predicted molar refractivity (Wildman–Crippen MR) is 93.3 cm³/mol. The predicted octanol–water partition coefficient (Wildman–Crippen LogP) is 3.71. The van der Waals surface area contributed by atoms with Gasteiger partial charge in [0.15, 0.2) is 6.29 Å². The first kappa shape index (κ1) is 15.9. The second-order valence-electron chi connectivity index (χ2n) is 7.15. The number of imidazole rings is 1. The van der Waals surface area contributed by atoms with Gasteiger partial charge < -0.3 is 24.7 Å². The molecule has 2 heterocycles. The lowest BCUT2D eigenvalue weighted by molar-refractivity contribution is -0.226. The van der Waals surface area contributed by atoms with E-state index in [-0.39, 0.29) is 23.2 Å². The van der Waals surface area contributed by atoms with Crippen molar-refractivity contribution in [3.8, 4) is 22.9 Å². The molecule has 0 saturated carbocycles. The Kier molecular flexibility index (Phi) is 3.67. The largest absolute Gasteiger partial charge is 0.506 e. The number of aromatic hydroxyl groups is 2. The Morgan fingerprint density at radius 1 is 1.00 bits per heavy atom. The molecule has 4 rings (SSSR count). The van der Waals surface area contributed by atoms with Crippen LogP contribution in [-0.4, -0.2) is 33.4 Å². The Labute approximate surface area is 145 Å². The number of rotatable bonds is 2. The Balaban J connectivity index is 1.60. The molecule has 3 N–H and O–H groups in total. The molecular weight excluding hydrogens is 320 g/mol. The lowest BCUT2D eigenvalue weighted by atomic mass is 9.95. The van der Waals surface area contributed by atoms with Crippen molar-refractivity contribution in [2.24, 2.45) is 5.41 Å². The Morgan fingerprint density at radius 2 is 1.64 bits per heavy atom. The molecule has 0 radical (unpaired) electrons. The number of hydrogen-bond donors (Lipinski definition) is 3. The van der Waals surface area contributed by atoms with Crippen LogP contribution >= 0.6 is 0 Å². The second-order valence-corrected chi connectivity index (χ2v) is 7.15. The first-order valence-corrected chi connectivity index (χ1v) is 8.17. The minimum absolute atomic E-state index is 0.0264. The van der Waals surface area contributed by atoms with Gasteiger partial charge in [-0.25, -0.2) is 4.98 Å². The molecule has 0 spiro atoms. The summed E-state index contributed by atoms with van der Waals surface area (Å²) < 4.78 is 11.6. The summed E-state index contributed by atoms with van der Waals surface area (Å²) in [4.78, 5) is 7.42. The zero-order valence-electron chi connectivity index (χ0n) is 14.1. The number of benzene rings is 2. The summed E-state index contributed by atoms with van der Waals surface area (Å²) in [5.41, 5.74) is 2.59. The second kappa shape index (κ2) is 5.75. The Bertz CT molecular complexity index is 866. The van der Waals surface area contributed by atoms with Crippen LogP contribution in [0, 0.1) is 5.41 Å². The van der Waals surface area contributed by atoms with Crippen LogP contribution in [0.15, 0.2) is 36.4 Å². The first-order chi connectivity index (χ1) is 11.9. The van der Waals surface area contributed by atoms with Crippen molar-refractivity contribution in [1.82, 2.24) is 9.97 Å². The molecule has 0 aliphatic carbocycles. The molecule has 3 aromatic rings. The smallest absolute Gasteiger partial charge is 0.183 e. The van der Waals surface area contributed by atoms with Crippen molar-refractivity contribution in [2.75, 3.05) is 13.2 Å². The quantitative estimate of drug-likeness (QED) is 0.619. The third kappa shape index (κ3) is 2.94. The first-order valence-electron chi connectivity index (χ1n) is 8.17. The van der Waals surface area contributed by atoms with Crippen LogP contribution in [0.1, 0.15) is 25.7 Å². The minimum atomic E-state index is -0.356. The van der Waals surface area contributed by atoms with Gasteiger partial charge in [0.25, 0.3) is 0 Å². The number of nitrogens with one attached hydrogen (secondary N) is 1. The highest BCUT2D eigenvalue weighted by Gasteiger charge is 2.29. The molecule has 2 aromatic carbocycles. The van der Waals surface area contributed by atoms with Gasteiger partial charge in [-0.15, -0.1) is 0 Å². The van der Waals surface area contributed by atoms with Crippen LogP contribution < -0.4 is 0 Å². The van der Waals surface area contributed by atoms with Crippen molar-refractivity contribution in [3.05, 3.63) is 42.0 Å². The number of fused-ring (bicyclic) bond motifs is 1. The summed E-state index contributed by atoms with van der Waals surface area (Å²) in [6, 6.07) is 10.5. The molecule has 1 aromatic heterocycles. The summed E-state index contributed by atoms with van der Waals surface area (Å²) in [6.07, 6.45) is -0.356. The van der Waals surface area contributed by atoms with Crippen molar-refractivity contribution in [2.45, 2.75) is 20.1 Å². The van der Waals surface area contributed by atoms with Crippen molar-refractivity contribution < 1.29 is 19.7 Å². The Morgan fingerprint density at radius 3 is 2.28 bits per heavy atom. The topological polar surface area (TPSA) is 87.6 Å². The number of phenolic OH excluding ortho intramolecular Hbond substituents is 2. The number of hydrogen-bond acceptors (Lipinski definition) is 5. The molecule has 0 atom stereocenters. The van der Waals surface area contributed by atoms with Gasteiger partial charge in [-0.1, -0.05) is 38.1 Å². The lowest BCUT2D eigenvalue weighted by Crippen LogP contribution is -2.33. The fourth-order valence-electron chi connectivity index (χ4n) is 2.88. The van der Waals surface area contributed by atoms with E-state index in [1.807, 2.05) is 24.3 Å². The number of phenols is 2. The van der Waals surface area contributed by atoms with E-state index in [0.29, 0.717) is 30.1 Å². The molecule has 1 aliphatic heterocycles. The highest BCUT2D eigenvalue weighted by Crippen LogP contribution is 2.34. The van der Waals surface area contributed by atoms with E-state index in [1.165, 1.54) is 12.1 Å². The average molecular weight is 340 g/mol. The van der Waals surface area contributed by atoms with Gasteiger partial charge in [0.05, 0.1) is 13.2 Å². The molecule has 0 bridgehead atoms. The van der Waals surface area contributed by atoms with Gasteiger partial charge in [0.1, 0.15) is 28.4 Å². The number of ether oxygens (including phenoxy) is 2. The fourth-order valence-corrected chi connectivity index (χ4v) is 2.88. The average Bonchev–Trinajstić information content (AvgIpc) is 3.05. The maximum atomic E-state index is 9.90. The van der Waals surface area contributed by atoms with Crippen LogP contribution in [0.25, 0.3) is 22.4 Å². The van der Waals surface area contributed by atoms with E-state index in [0.717, 1.165) is 11.1 Å². The molecule has 6 nitrogen and oxygen atoms in total. The highest BCUT2D eigenvalue weighted by molar-refractivity contribution is 5.89. The van der Waals surface area contributed by atoms with Crippen LogP contribution in [-0.2, 0) is 9.47 Å². The number of aromatic nitrogens is 2. The molecule has 25 heavy (non-hydrogen) atoms. The third-order valence-electron chi connectivity index (χ3n) is 4.31. The highest BCUT2D eigenvalue weighted by atomic mass is 16.7. The summed E-state index contributed by atoms with van der Waals surface area (Å²) >= 11 is 0. The lowest BCUT2D eigenvalue weighted by Gasteiger charge is -2.34. The maximum Gasteiger partial charge on any atom is 0.183 e. The third-order valence-corrected chi connectivity index (χ3v) is 4.31. The van der Waals surface area contributed by atoms with Crippen molar-refractivity contribution >= 4 is 11.0 Å². The van der Waals surface area contributed by atoms with Gasteiger partial charge in [0, 0.05) is 16.5 Å². The van der Waals surface area contributed by atoms with Crippen LogP contribution in [0.2, 0.25) is 0 Å². The van der Waals surface area contributed by atoms with Gasteiger partial charge in [-0.2, -0.15) is 0 Å². The number of nitrogens with zero attached hydrogens (tertiary/aromatic N) is 1. The zero-order valence-corrected chi connectivity index (χ0v) is 14.1. The fraction of sp³-hybridized carbons (Fsp3) is 0.316. The standard InChI is InChI=1S/C19H20N2O4/c1-19(2)9-24-18(25-10-19)12-5-3-11(4-6-12)17-20-15-13(22)7-8-14(23)16(15)21-17/h3-8,18,22-23H,9-10H2,1-2H3,(H,20,21). The van der Waals surface area contributed by atoms with E-state index >= 15 is 0 Å². The van der Waals surface area contributed by atoms with Crippen LogP contribution in [0.4, 0.5) is 0 Å². The molecule has 0 amide bonds. The summed E-state index contributed by atoms with van der Waals surface area (Å²) in [5, 5.41) is 19.8. The van der Waals surface area contributed by atoms with Crippen LogP contribution in [0.5, 0.6) is 11.5 Å². The zero-order chi connectivity index (χ0) is 17.6. The van der Waals surface area contributed by atoms with Crippen molar-refractivity contribution in [3.63, 3.8) is 0 Å². The monoisotopic (exact) mass is 340 g/mol. The molecule has 1 fully saturated rings. The Hall–Kier alpha value is -2.57. The minimum Gasteiger partial charge on any atom is -0.506 e. The molecule has 130 valence electrons. The molecule has 6 heteroatoms. The van der Waals surface area contributed by atoms with Gasteiger partial charge in [0.2, 0.25) is 0 Å². The molecule has 1 aliphatic rings. The summed E-state index contributed by atoms with van der Waals surface area (Å²) in [5.74, 6) is 0.651. The number of H-pyrrole nitrogens is 1. The van der Waals surface area contributed by atoms with E-state index in [1.54, 1.807) is 0 Å². The summed E-state index contributed by atoms with van der Waals surface area (Å²) in [6.45, 7) is 5.53. The molecule has 0 unspecified atom stereocenters. The normalized spacial score (nSPS) is 17.8.